The highest BCUT2D eigenvalue weighted by Gasteiger charge is 2.26. The van der Waals surface area contributed by atoms with Crippen LogP contribution in [0.3, 0.4) is 0 Å². The van der Waals surface area contributed by atoms with Crippen LogP contribution < -0.4 is 4.90 Å². The Morgan fingerprint density at radius 2 is 2.17 bits per heavy atom. The van der Waals surface area contributed by atoms with Crippen LogP contribution in [0.25, 0.3) is 0 Å². The number of carbonyl (C=O) groups is 1. The summed E-state index contributed by atoms with van der Waals surface area (Å²) >= 11 is 6.02. The third-order valence-electron chi connectivity index (χ3n) is 3.08. The molecule has 0 unspecified atom stereocenters. The summed E-state index contributed by atoms with van der Waals surface area (Å²) in [6, 6.07) is 0. The molecule has 2 rings (SSSR count). The quantitative estimate of drug-likeness (QED) is 0.587. The Morgan fingerprint density at radius 1 is 1.44 bits per heavy atom. The van der Waals surface area contributed by atoms with Crippen molar-refractivity contribution in [2.45, 2.75) is 33.1 Å². The number of hydrogen-bond acceptors (Lipinski definition) is 4. The van der Waals surface area contributed by atoms with Gasteiger partial charge in [0.25, 0.3) is 0 Å². The normalized spacial score (nSPS) is 14.6. The van der Waals surface area contributed by atoms with Crippen molar-refractivity contribution in [3.8, 4) is 0 Å². The SMILES string of the molecule is CCCN(CC1CC1)c1nc(C)nc(Cl)c1C=O. The van der Waals surface area contributed by atoms with Crippen molar-refractivity contribution in [3.05, 3.63) is 16.5 Å². The Balaban J connectivity index is 2.34. The fourth-order valence-electron chi connectivity index (χ4n) is 2.04. The van der Waals surface area contributed by atoms with Crippen LogP contribution >= 0.6 is 11.6 Å². The minimum atomic E-state index is 0.254. The van der Waals surface area contributed by atoms with Gasteiger partial charge < -0.3 is 4.90 Å². The second-order valence-electron chi connectivity index (χ2n) is 4.81. The number of aromatic nitrogens is 2. The first-order valence-electron chi connectivity index (χ1n) is 6.40. The van der Waals surface area contributed by atoms with Gasteiger partial charge in [-0.15, -0.1) is 0 Å². The van der Waals surface area contributed by atoms with Crippen molar-refractivity contribution in [2.75, 3.05) is 18.0 Å². The molecule has 0 spiro atoms. The Labute approximate surface area is 112 Å². The molecule has 1 aromatic rings. The number of anilines is 1. The molecule has 18 heavy (non-hydrogen) atoms. The highest BCUT2D eigenvalue weighted by molar-refractivity contribution is 6.32. The zero-order valence-electron chi connectivity index (χ0n) is 10.8. The smallest absolute Gasteiger partial charge is 0.156 e. The van der Waals surface area contributed by atoms with Gasteiger partial charge in [-0.1, -0.05) is 18.5 Å². The van der Waals surface area contributed by atoms with Crippen LogP contribution in [-0.4, -0.2) is 29.3 Å². The summed E-state index contributed by atoms with van der Waals surface area (Å²) in [6.07, 6.45) is 4.32. The molecule has 4 nitrogen and oxygen atoms in total. The lowest BCUT2D eigenvalue weighted by molar-refractivity contribution is 0.112. The molecule has 1 fully saturated rings. The first kappa shape index (κ1) is 13.3. The van der Waals surface area contributed by atoms with E-state index in [1.165, 1.54) is 12.8 Å². The molecule has 1 aliphatic carbocycles. The fraction of sp³-hybridized carbons (Fsp3) is 0.615. The standard InChI is InChI=1S/C13H18ClN3O/c1-3-6-17(7-10-4-5-10)13-11(8-18)12(14)15-9(2)16-13/h8,10H,3-7H2,1-2H3. The summed E-state index contributed by atoms with van der Waals surface area (Å²) in [5.41, 5.74) is 0.413. The Bertz CT molecular complexity index is 446. The lowest BCUT2D eigenvalue weighted by atomic mass is 10.2. The summed E-state index contributed by atoms with van der Waals surface area (Å²) in [6.45, 7) is 5.77. The van der Waals surface area contributed by atoms with Crippen LogP contribution in [-0.2, 0) is 0 Å². The van der Waals surface area contributed by atoms with Gasteiger partial charge in [0.05, 0.1) is 5.56 Å². The van der Waals surface area contributed by atoms with Crippen molar-refractivity contribution >= 4 is 23.7 Å². The van der Waals surface area contributed by atoms with E-state index in [0.29, 0.717) is 17.2 Å². The maximum absolute atomic E-state index is 11.2. The van der Waals surface area contributed by atoms with Gasteiger partial charge in [0.15, 0.2) is 6.29 Å². The average Bonchev–Trinajstić information content (AvgIpc) is 3.11. The van der Waals surface area contributed by atoms with E-state index in [9.17, 15) is 4.79 Å². The molecule has 0 aliphatic heterocycles. The number of carbonyl (C=O) groups excluding carboxylic acids is 1. The van der Waals surface area contributed by atoms with E-state index >= 15 is 0 Å². The van der Waals surface area contributed by atoms with Crippen molar-refractivity contribution in [1.82, 2.24) is 9.97 Å². The molecule has 0 amide bonds. The van der Waals surface area contributed by atoms with Gasteiger partial charge in [-0.3, -0.25) is 4.79 Å². The maximum atomic E-state index is 11.2. The van der Waals surface area contributed by atoms with Gasteiger partial charge in [0.1, 0.15) is 16.8 Å². The number of aldehydes is 1. The average molecular weight is 268 g/mol. The molecule has 0 saturated heterocycles. The largest absolute Gasteiger partial charge is 0.356 e. The minimum Gasteiger partial charge on any atom is -0.356 e. The Morgan fingerprint density at radius 3 is 2.72 bits per heavy atom. The topological polar surface area (TPSA) is 46.1 Å². The molecule has 1 aromatic heterocycles. The molecule has 0 N–H and O–H groups in total. The molecule has 5 heteroatoms. The van der Waals surface area contributed by atoms with Crippen LogP contribution in [0.1, 0.15) is 42.4 Å². The third-order valence-corrected chi connectivity index (χ3v) is 3.37. The minimum absolute atomic E-state index is 0.254. The van der Waals surface area contributed by atoms with E-state index in [2.05, 4.69) is 21.8 Å². The molecule has 0 atom stereocenters. The molecule has 1 heterocycles. The number of nitrogens with zero attached hydrogens (tertiary/aromatic N) is 3. The summed E-state index contributed by atoms with van der Waals surface area (Å²) in [5, 5.41) is 0.254. The van der Waals surface area contributed by atoms with Crippen molar-refractivity contribution in [3.63, 3.8) is 0 Å². The molecule has 98 valence electrons. The maximum Gasteiger partial charge on any atom is 0.156 e. The molecule has 0 aromatic carbocycles. The first-order valence-corrected chi connectivity index (χ1v) is 6.77. The molecular formula is C13H18ClN3O. The zero-order chi connectivity index (χ0) is 13.1. The molecule has 0 radical (unpaired) electrons. The van der Waals surface area contributed by atoms with Gasteiger partial charge in [0, 0.05) is 13.1 Å². The lowest BCUT2D eigenvalue weighted by Crippen LogP contribution is -2.29. The van der Waals surface area contributed by atoms with E-state index in [1.54, 1.807) is 6.92 Å². The highest BCUT2D eigenvalue weighted by atomic mass is 35.5. The lowest BCUT2D eigenvalue weighted by Gasteiger charge is -2.24. The van der Waals surface area contributed by atoms with Gasteiger partial charge in [-0.05, 0) is 32.1 Å². The fourth-order valence-corrected chi connectivity index (χ4v) is 2.29. The molecule has 1 aliphatic rings. The van der Waals surface area contributed by atoms with E-state index < -0.39 is 0 Å². The van der Waals surface area contributed by atoms with Crippen LogP contribution in [0.2, 0.25) is 5.15 Å². The van der Waals surface area contributed by atoms with Crippen LogP contribution in [0.4, 0.5) is 5.82 Å². The van der Waals surface area contributed by atoms with Crippen LogP contribution in [0.15, 0.2) is 0 Å². The zero-order valence-corrected chi connectivity index (χ0v) is 11.6. The molecular weight excluding hydrogens is 250 g/mol. The summed E-state index contributed by atoms with van der Waals surface area (Å²) in [7, 11) is 0. The predicted molar refractivity (Wildman–Crippen MR) is 72.4 cm³/mol. The Kier molecular flexibility index (Phi) is 4.17. The van der Waals surface area contributed by atoms with Gasteiger partial charge in [-0.2, -0.15) is 0 Å². The van der Waals surface area contributed by atoms with Crippen molar-refractivity contribution < 1.29 is 4.79 Å². The second kappa shape index (κ2) is 5.65. The van der Waals surface area contributed by atoms with Crippen molar-refractivity contribution in [1.29, 1.82) is 0 Å². The van der Waals surface area contributed by atoms with E-state index in [1.807, 2.05) is 0 Å². The van der Waals surface area contributed by atoms with Gasteiger partial charge in [0.2, 0.25) is 0 Å². The van der Waals surface area contributed by atoms with Gasteiger partial charge >= 0.3 is 0 Å². The van der Waals surface area contributed by atoms with E-state index in [-0.39, 0.29) is 5.15 Å². The first-order chi connectivity index (χ1) is 8.65. The van der Waals surface area contributed by atoms with Gasteiger partial charge in [-0.25, -0.2) is 9.97 Å². The van der Waals surface area contributed by atoms with E-state index in [0.717, 1.165) is 31.7 Å². The number of aryl methyl sites for hydroxylation is 1. The monoisotopic (exact) mass is 267 g/mol. The van der Waals surface area contributed by atoms with Crippen LogP contribution in [0.5, 0.6) is 0 Å². The van der Waals surface area contributed by atoms with E-state index in [4.69, 9.17) is 11.6 Å². The number of rotatable bonds is 6. The predicted octanol–water partition coefficient (Wildman–Crippen LogP) is 2.88. The summed E-state index contributed by atoms with van der Waals surface area (Å²) in [5.74, 6) is 2.04. The number of halogens is 1. The third kappa shape index (κ3) is 2.99. The highest BCUT2D eigenvalue weighted by Crippen LogP contribution is 2.32. The summed E-state index contributed by atoms with van der Waals surface area (Å²) in [4.78, 5) is 21.8. The number of hydrogen-bond donors (Lipinski definition) is 0. The second-order valence-corrected chi connectivity index (χ2v) is 5.16. The molecule has 0 bridgehead atoms. The summed E-state index contributed by atoms with van der Waals surface area (Å²) < 4.78 is 0. The molecule has 1 saturated carbocycles. The van der Waals surface area contributed by atoms with Crippen LogP contribution in [0, 0.1) is 12.8 Å². The Hall–Kier alpha value is -1.16. The van der Waals surface area contributed by atoms with Crippen molar-refractivity contribution in [2.24, 2.45) is 5.92 Å².